The predicted molar refractivity (Wildman–Crippen MR) is 80.3 cm³/mol. The van der Waals surface area contributed by atoms with Crippen molar-refractivity contribution in [2.24, 2.45) is 10.8 Å². The highest BCUT2D eigenvalue weighted by molar-refractivity contribution is 5.74. The first-order chi connectivity index (χ1) is 9.04. The Morgan fingerprint density at radius 1 is 1.15 bits per heavy atom. The number of aromatic hydroxyl groups is 2. The minimum atomic E-state index is -0.130. The number of hydrogen-bond donors (Lipinski definition) is 3. The average Bonchev–Trinajstić information content (AvgIpc) is 2.60. The maximum atomic E-state index is 9.80. The molecule has 1 aromatic carbocycles. The molecule has 0 amide bonds. The summed E-state index contributed by atoms with van der Waals surface area (Å²) < 4.78 is 5.86. The van der Waals surface area contributed by atoms with Gasteiger partial charge in [0.2, 0.25) is 0 Å². The number of phenols is 2. The second-order valence-corrected chi connectivity index (χ2v) is 7.05. The van der Waals surface area contributed by atoms with E-state index in [1.807, 2.05) is 0 Å². The number of phenolic OH excluding ortho intramolecular Hbond substituents is 2. The van der Waals surface area contributed by atoms with Gasteiger partial charge in [-0.1, -0.05) is 34.6 Å². The first kappa shape index (κ1) is 14.6. The van der Waals surface area contributed by atoms with E-state index in [1.54, 1.807) is 0 Å². The molecule has 0 fully saturated rings. The molecule has 0 radical (unpaired) electrons. The van der Waals surface area contributed by atoms with Crippen LogP contribution < -0.4 is 5.73 Å². The van der Waals surface area contributed by atoms with Crippen LogP contribution in [0.25, 0.3) is 5.76 Å². The van der Waals surface area contributed by atoms with Crippen LogP contribution in [0.5, 0.6) is 11.5 Å². The SMILES string of the molecule is CC(C)(C)C1=C(c2cc(O)c(N)c(O)c2)OCC1(C)C. The van der Waals surface area contributed by atoms with Crippen LogP contribution in [-0.2, 0) is 4.74 Å². The number of rotatable bonds is 1. The molecule has 1 aromatic rings. The van der Waals surface area contributed by atoms with E-state index in [9.17, 15) is 10.2 Å². The molecule has 0 aliphatic carbocycles. The Kier molecular flexibility index (Phi) is 3.16. The van der Waals surface area contributed by atoms with E-state index in [0.717, 1.165) is 5.76 Å². The van der Waals surface area contributed by atoms with Crippen LogP contribution in [0.4, 0.5) is 5.69 Å². The molecule has 110 valence electrons. The molecule has 0 atom stereocenters. The van der Waals surface area contributed by atoms with Crippen molar-refractivity contribution in [3.8, 4) is 11.5 Å². The fraction of sp³-hybridized carbons (Fsp3) is 0.500. The first-order valence-corrected chi connectivity index (χ1v) is 6.74. The van der Waals surface area contributed by atoms with Crippen LogP contribution in [0.3, 0.4) is 0 Å². The zero-order chi connectivity index (χ0) is 15.3. The van der Waals surface area contributed by atoms with E-state index in [4.69, 9.17) is 10.5 Å². The number of nitrogen functional groups attached to an aromatic ring is 1. The largest absolute Gasteiger partial charge is 0.506 e. The van der Waals surface area contributed by atoms with Crippen molar-refractivity contribution in [1.29, 1.82) is 0 Å². The summed E-state index contributed by atoms with van der Waals surface area (Å²) in [6.45, 7) is 11.3. The van der Waals surface area contributed by atoms with Gasteiger partial charge in [-0.3, -0.25) is 0 Å². The van der Waals surface area contributed by atoms with Gasteiger partial charge in [-0.15, -0.1) is 0 Å². The van der Waals surface area contributed by atoms with Gasteiger partial charge in [0.1, 0.15) is 22.9 Å². The number of ether oxygens (including phenoxy) is 1. The van der Waals surface area contributed by atoms with Crippen LogP contribution in [0.15, 0.2) is 17.7 Å². The molecule has 0 bridgehead atoms. The van der Waals surface area contributed by atoms with E-state index in [1.165, 1.54) is 17.7 Å². The van der Waals surface area contributed by atoms with E-state index in [-0.39, 0.29) is 28.0 Å². The summed E-state index contributed by atoms with van der Waals surface area (Å²) in [5.74, 6) is 0.469. The van der Waals surface area contributed by atoms with Gasteiger partial charge in [-0.25, -0.2) is 0 Å². The lowest BCUT2D eigenvalue weighted by Gasteiger charge is -2.30. The molecule has 4 nitrogen and oxygen atoms in total. The molecule has 4 N–H and O–H groups in total. The van der Waals surface area contributed by atoms with E-state index >= 15 is 0 Å². The van der Waals surface area contributed by atoms with Crippen molar-refractivity contribution in [2.75, 3.05) is 12.3 Å². The van der Waals surface area contributed by atoms with Crippen molar-refractivity contribution < 1.29 is 14.9 Å². The highest BCUT2D eigenvalue weighted by atomic mass is 16.5. The van der Waals surface area contributed by atoms with Gasteiger partial charge in [0, 0.05) is 11.0 Å². The Morgan fingerprint density at radius 3 is 2.10 bits per heavy atom. The number of benzene rings is 1. The van der Waals surface area contributed by atoms with Crippen LogP contribution in [0, 0.1) is 10.8 Å². The van der Waals surface area contributed by atoms with Gasteiger partial charge in [0.05, 0.1) is 6.61 Å². The van der Waals surface area contributed by atoms with E-state index in [0.29, 0.717) is 12.2 Å². The predicted octanol–water partition coefficient (Wildman–Crippen LogP) is 3.49. The Labute approximate surface area is 119 Å². The lowest BCUT2D eigenvalue weighted by Crippen LogP contribution is -2.24. The highest BCUT2D eigenvalue weighted by Gasteiger charge is 2.41. The fourth-order valence-corrected chi connectivity index (χ4v) is 3.04. The monoisotopic (exact) mass is 277 g/mol. The van der Waals surface area contributed by atoms with Crippen LogP contribution in [0.1, 0.15) is 40.2 Å². The summed E-state index contributed by atoms with van der Waals surface area (Å²) in [6, 6.07) is 3.08. The first-order valence-electron chi connectivity index (χ1n) is 6.74. The van der Waals surface area contributed by atoms with Crippen molar-refractivity contribution in [3.63, 3.8) is 0 Å². The minimum Gasteiger partial charge on any atom is -0.506 e. The lowest BCUT2D eigenvalue weighted by molar-refractivity contribution is 0.213. The summed E-state index contributed by atoms with van der Waals surface area (Å²) in [6.07, 6.45) is 0. The molecule has 0 saturated carbocycles. The van der Waals surface area contributed by atoms with Gasteiger partial charge in [-0.2, -0.15) is 0 Å². The molecule has 0 unspecified atom stereocenters. The highest BCUT2D eigenvalue weighted by Crippen LogP contribution is 2.50. The molecular formula is C16H23NO3. The normalized spacial score (nSPS) is 18.2. The Balaban J connectivity index is 2.66. The van der Waals surface area contributed by atoms with Gasteiger partial charge >= 0.3 is 0 Å². The van der Waals surface area contributed by atoms with Gasteiger partial charge < -0.3 is 20.7 Å². The molecule has 0 aromatic heterocycles. The van der Waals surface area contributed by atoms with Crippen molar-refractivity contribution in [1.82, 2.24) is 0 Å². The molecule has 20 heavy (non-hydrogen) atoms. The summed E-state index contributed by atoms with van der Waals surface area (Å²) in [4.78, 5) is 0. The van der Waals surface area contributed by atoms with Gasteiger partial charge in [-0.05, 0) is 23.1 Å². The summed E-state index contributed by atoms with van der Waals surface area (Å²) in [7, 11) is 0. The fourth-order valence-electron chi connectivity index (χ4n) is 3.04. The van der Waals surface area contributed by atoms with Gasteiger partial charge in [0.25, 0.3) is 0 Å². The molecule has 0 spiro atoms. The maximum Gasteiger partial charge on any atom is 0.143 e. The molecular weight excluding hydrogens is 254 g/mol. The third-order valence-corrected chi connectivity index (χ3v) is 3.63. The van der Waals surface area contributed by atoms with Crippen molar-refractivity contribution in [2.45, 2.75) is 34.6 Å². The zero-order valence-electron chi connectivity index (χ0n) is 12.7. The Hall–Kier alpha value is -1.84. The second-order valence-electron chi connectivity index (χ2n) is 7.05. The Morgan fingerprint density at radius 2 is 1.65 bits per heavy atom. The van der Waals surface area contributed by atoms with E-state index in [2.05, 4.69) is 34.6 Å². The van der Waals surface area contributed by atoms with Crippen LogP contribution in [0.2, 0.25) is 0 Å². The molecule has 1 aliphatic rings. The summed E-state index contributed by atoms with van der Waals surface area (Å²) >= 11 is 0. The number of nitrogens with two attached hydrogens (primary N) is 1. The summed E-state index contributed by atoms with van der Waals surface area (Å²) in [5, 5.41) is 19.6. The molecule has 2 rings (SSSR count). The third kappa shape index (κ3) is 2.30. The molecule has 1 aliphatic heterocycles. The van der Waals surface area contributed by atoms with Crippen LogP contribution in [-0.4, -0.2) is 16.8 Å². The molecule has 0 saturated heterocycles. The minimum absolute atomic E-state index is 0.0103. The topological polar surface area (TPSA) is 75.7 Å². The lowest BCUT2D eigenvalue weighted by atomic mass is 9.71. The standard InChI is InChI=1S/C16H23NO3/c1-15(2,3)14-13(20-8-16(14,4)5)9-6-10(18)12(17)11(19)7-9/h6-7,18-19H,8,17H2,1-5H3. The smallest absolute Gasteiger partial charge is 0.143 e. The van der Waals surface area contributed by atoms with Gasteiger partial charge in [0.15, 0.2) is 0 Å². The van der Waals surface area contributed by atoms with E-state index < -0.39 is 0 Å². The molecule has 1 heterocycles. The zero-order valence-corrected chi connectivity index (χ0v) is 12.7. The maximum absolute atomic E-state index is 9.80. The summed E-state index contributed by atoms with van der Waals surface area (Å²) in [5.41, 5.74) is 7.24. The third-order valence-electron chi connectivity index (χ3n) is 3.63. The van der Waals surface area contributed by atoms with Crippen LogP contribution >= 0.6 is 0 Å². The Bertz CT molecular complexity index is 557. The van der Waals surface area contributed by atoms with Crippen molar-refractivity contribution >= 4 is 11.4 Å². The average molecular weight is 277 g/mol. The quantitative estimate of drug-likeness (QED) is 0.542. The second kappa shape index (κ2) is 4.33. The molecule has 4 heteroatoms. The number of anilines is 1. The number of hydrogen-bond acceptors (Lipinski definition) is 4. The van der Waals surface area contributed by atoms with Crippen molar-refractivity contribution in [3.05, 3.63) is 23.3 Å².